The predicted molar refractivity (Wildman–Crippen MR) is 72.6 cm³/mol. The van der Waals surface area contributed by atoms with Gasteiger partial charge in [-0.1, -0.05) is 0 Å². The van der Waals surface area contributed by atoms with E-state index >= 15 is 0 Å². The lowest BCUT2D eigenvalue weighted by molar-refractivity contribution is -0.120. The van der Waals surface area contributed by atoms with E-state index in [0.717, 1.165) is 13.0 Å². The molecule has 20 heavy (non-hydrogen) atoms. The zero-order valence-corrected chi connectivity index (χ0v) is 11.6. The van der Waals surface area contributed by atoms with Crippen molar-refractivity contribution >= 4 is 23.4 Å². The highest BCUT2D eigenvalue weighted by Gasteiger charge is 2.30. The summed E-state index contributed by atoms with van der Waals surface area (Å²) in [6, 6.07) is 5.79. The van der Waals surface area contributed by atoms with Crippen molar-refractivity contribution in [2.24, 2.45) is 5.92 Å². The van der Waals surface area contributed by atoms with Crippen molar-refractivity contribution in [2.45, 2.75) is 29.8 Å². The summed E-state index contributed by atoms with van der Waals surface area (Å²) >= 11 is -0.169. The maximum absolute atomic E-state index is 12.2. The quantitative estimate of drug-likeness (QED) is 0.842. The molecule has 1 heterocycles. The molecule has 2 rings (SSSR count). The second kappa shape index (κ2) is 6.05. The van der Waals surface area contributed by atoms with Gasteiger partial charge in [0.25, 0.3) is 0 Å². The highest BCUT2D eigenvalue weighted by atomic mass is 32.2. The van der Waals surface area contributed by atoms with Gasteiger partial charge >= 0.3 is 5.51 Å². The Bertz CT molecular complexity index is 475. The number of hydrogen-bond donors (Lipinski definition) is 2. The molecule has 1 aliphatic heterocycles. The molecule has 1 aromatic rings. The topological polar surface area (TPSA) is 41.1 Å². The first kappa shape index (κ1) is 15.2. The van der Waals surface area contributed by atoms with E-state index in [9.17, 15) is 18.0 Å². The van der Waals surface area contributed by atoms with Crippen LogP contribution in [0.25, 0.3) is 0 Å². The van der Waals surface area contributed by atoms with Gasteiger partial charge in [-0.2, -0.15) is 13.2 Å². The summed E-state index contributed by atoms with van der Waals surface area (Å²) < 4.78 is 36.6. The summed E-state index contributed by atoms with van der Waals surface area (Å²) in [5.74, 6) is -0.196. The van der Waals surface area contributed by atoms with Gasteiger partial charge in [0, 0.05) is 16.6 Å². The highest BCUT2D eigenvalue weighted by Crippen LogP contribution is 2.37. The van der Waals surface area contributed by atoms with Crippen LogP contribution in [0.15, 0.2) is 29.2 Å². The summed E-state index contributed by atoms with van der Waals surface area (Å²) in [4.78, 5) is 12.1. The molecule has 7 heteroatoms. The van der Waals surface area contributed by atoms with Crippen LogP contribution < -0.4 is 10.6 Å². The van der Waals surface area contributed by atoms with Crippen molar-refractivity contribution in [3.63, 3.8) is 0 Å². The molecule has 1 aromatic carbocycles. The molecule has 1 aliphatic rings. The fraction of sp³-hybridized carbons (Fsp3) is 0.462. The Morgan fingerprint density at radius 1 is 1.35 bits per heavy atom. The molecule has 0 aliphatic carbocycles. The van der Waals surface area contributed by atoms with Crippen molar-refractivity contribution < 1.29 is 18.0 Å². The van der Waals surface area contributed by atoms with Crippen molar-refractivity contribution in [1.82, 2.24) is 5.32 Å². The number of halogens is 3. The molecular formula is C13H15F3N2OS. The smallest absolute Gasteiger partial charge is 0.326 e. The van der Waals surface area contributed by atoms with E-state index in [1.807, 2.05) is 6.92 Å². The molecule has 3 nitrogen and oxygen atoms in total. The lowest BCUT2D eigenvalue weighted by Gasteiger charge is -2.15. The Hall–Kier alpha value is -1.21. The lowest BCUT2D eigenvalue weighted by atomic mass is 10.0. The zero-order chi connectivity index (χ0) is 14.8. The van der Waals surface area contributed by atoms with E-state index in [1.165, 1.54) is 24.3 Å². The summed E-state index contributed by atoms with van der Waals surface area (Å²) in [5.41, 5.74) is -3.78. The van der Waals surface area contributed by atoms with Gasteiger partial charge in [-0.15, -0.1) is 0 Å². The number of carbonyl (C=O) groups is 1. The third-order valence-corrected chi connectivity index (χ3v) is 3.96. The predicted octanol–water partition coefficient (Wildman–Crippen LogP) is 3.24. The minimum absolute atomic E-state index is 0.0979. The van der Waals surface area contributed by atoms with Crippen molar-refractivity contribution in [3.05, 3.63) is 24.3 Å². The van der Waals surface area contributed by atoms with Gasteiger partial charge in [0.15, 0.2) is 0 Å². The Morgan fingerprint density at radius 3 is 2.50 bits per heavy atom. The van der Waals surface area contributed by atoms with Crippen LogP contribution in [0.3, 0.4) is 0 Å². The largest absolute Gasteiger partial charge is 0.446 e. The number of rotatable bonds is 3. The van der Waals surface area contributed by atoms with Crippen molar-refractivity contribution in [1.29, 1.82) is 0 Å². The summed E-state index contributed by atoms with van der Waals surface area (Å²) in [5, 5.41) is 5.92. The van der Waals surface area contributed by atoms with Crippen LogP contribution in [-0.2, 0) is 4.79 Å². The molecule has 2 N–H and O–H groups in total. The Labute approximate surface area is 119 Å². The molecule has 0 saturated carbocycles. The number of alkyl halides is 3. The summed E-state index contributed by atoms with van der Waals surface area (Å²) in [6.07, 6.45) is 0.773. The third-order valence-electron chi connectivity index (χ3n) is 3.22. The van der Waals surface area contributed by atoms with E-state index in [-0.39, 0.29) is 34.5 Å². The van der Waals surface area contributed by atoms with E-state index in [4.69, 9.17) is 0 Å². The minimum atomic E-state index is -4.30. The standard InChI is InChI=1S/C13H15F3N2OS/c1-8-11(6-7-17-8)12(19)18-9-2-4-10(5-3-9)20-13(14,15)16/h2-5,8,11,17H,6-7H2,1H3,(H,18,19). The fourth-order valence-corrected chi connectivity index (χ4v) is 2.73. The fourth-order valence-electron chi connectivity index (χ4n) is 2.19. The SMILES string of the molecule is CC1NCCC1C(=O)Nc1ccc(SC(F)(F)F)cc1. The second-order valence-corrected chi connectivity index (χ2v) is 5.84. The van der Waals surface area contributed by atoms with Gasteiger partial charge in [-0.25, -0.2) is 0 Å². The molecule has 0 bridgehead atoms. The van der Waals surface area contributed by atoms with Gasteiger partial charge in [0.2, 0.25) is 5.91 Å². The average Bonchev–Trinajstić information content (AvgIpc) is 2.76. The number of thioether (sulfide) groups is 1. The van der Waals surface area contributed by atoms with Crippen LogP contribution in [0, 0.1) is 5.92 Å². The maximum atomic E-state index is 12.2. The Kier molecular flexibility index (Phi) is 4.59. The van der Waals surface area contributed by atoms with Gasteiger partial charge in [0.1, 0.15) is 0 Å². The monoisotopic (exact) mass is 304 g/mol. The van der Waals surface area contributed by atoms with Crippen LogP contribution in [0.1, 0.15) is 13.3 Å². The first-order valence-corrected chi connectivity index (χ1v) is 7.07. The maximum Gasteiger partial charge on any atom is 0.446 e. The second-order valence-electron chi connectivity index (χ2n) is 4.70. The van der Waals surface area contributed by atoms with Crippen LogP contribution in [-0.4, -0.2) is 24.0 Å². The number of nitrogens with one attached hydrogen (secondary N) is 2. The molecular weight excluding hydrogens is 289 g/mol. The number of benzene rings is 1. The number of anilines is 1. The normalized spacial score (nSPS) is 22.8. The van der Waals surface area contributed by atoms with E-state index in [2.05, 4.69) is 10.6 Å². The van der Waals surface area contributed by atoms with Crippen molar-refractivity contribution in [2.75, 3.05) is 11.9 Å². The molecule has 1 saturated heterocycles. The first-order valence-electron chi connectivity index (χ1n) is 6.25. The van der Waals surface area contributed by atoms with Crippen LogP contribution in [0.4, 0.5) is 18.9 Å². The van der Waals surface area contributed by atoms with Gasteiger partial charge in [-0.3, -0.25) is 4.79 Å². The molecule has 2 unspecified atom stereocenters. The number of carbonyl (C=O) groups excluding carboxylic acids is 1. The van der Waals surface area contributed by atoms with E-state index < -0.39 is 5.51 Å². The lowest BCUT2D eigenvalue weighted by Crippen LogP contribution is -2.32. The highest BCUT2D eigenvalue weighted by molar-refractivity contribution is 8.00. The molecule has 1 fully saturated rings. The van der Waals surface area contributed by atoms with Crippen LogP contribution in [0.2, 0.25) is 0 Å². The third kappa shape index (κ3) is 4.14. The number of amides is 1. The average molecular weight is 304 g/mol. The Balaban J connectivity index is 1.95. The molecule has 0 aromatic heterocycles. The van der Waals surface area contributed by atoms with E-state index in [1.54, 1.807) is 0 Å². The summed E-state index contributed by atoms with van der Waals surface area (Å²) in [7, 11) is 0. The van der Waals surface area contributed by atoms with Crippen LogP contribution >= 0.6 is 11.8 Å². The minimum Gasteiger partial charge on any atom is -0.326 e. The molecule has 0 spiro atoms. The first-order chi connectivity index (χ1) is 9.35. The van der Waals surface area contributed by atoms with Gasteiger partial charge < -0.3 is 10.6 Å². The van der Waals surface area contributed by atoms with Gasteiger partial charge in [-0.05, 0) is 55.9 Å². The van der Waals surface area contributed by atoms with Gasteiger partial charge in [0.05, 0.1) is 5.92 Å². The van der Waals surface area contributed by atoms with Crippen LogP contribution in [0.5, 0.6) is 0 Å². The zero-order valence-electron chi connectivity index (χ0n) is 10.8. The molecule has 0 radical (unpaired) electrons. The Morgan fingerprint density at radius 2 is 2.00 bits per heavy atom. The van der Waals surface area contributed by atoms with Crippen molar-refractivity contribution in [3.8, 4) is 0 Å². The molecule has 110 valence electrons. The van der Waals surface area contributed by atoms with E-state index in [0.29, 0.717) is 5.69 Å². The molecule has 1 amide bonds. The summed E-state index contributed by atoms with van der Waals surface area (Å²) in [6.45, 7) is 2.75. The molecule has 2 atom stereocenters. The number of hydrogen-bond acceptors (Lipinski definition) is 3.